The number of fused-ring (bicyclic) bond motifs is 1. The highest BCUT2D eigenvalue weighted by Gasteiger charge is 2.30. The summed E-state index contributed by atoms with van der Waals surface area (Å²) in [6, 6.07) is 13.8. The normalized spacial score (nSPS) is 11.5. The van der Waals surface area contributed by atoms with Crippen LogP contribution in [0, 0.1) is 0 Å². The molecule has 1 N–H and O–H groups in total. The maximum Gasteiger partial charge on any atom is 0.416 e. The van der Waals surface area contributed by atoms with Gasteiger partial charge in [0, 0.05) is 11.6 Å². The average Bonchev–Trinajstić information content (AvgIpc) is 2.54. The molecule has 0 saturated carbocycles. The van der Waals surface area contributed by atoms with Crippen LogP contribution in [0.1, 0.15) is 11.1 Å². The summed E-state index contributed by atoms with van der Waals surface area (Å²) < 4.78 is 38.2. The number of rotatable bonds is 3. The number of aromatic nitrogens is 1. The minimum absolute atomic E-state index is 0.146. The van der Waals surface area contributed by atoms with Gasteiger partial charge in [0.15, 0.2) is 0 Å². The number of nitrogens with zero attached hydrogens (tertiary/aromatic N) is 1. The summed E-state index contributed by atoms with van der Waals surface area (Å²) in [7, 11) is 0. The zero-order chi connectivity index (χ0) is 17.2. The lowest BCUT2D eigenvalue weighted by molar-refractivity contribution is -0.137. The van der Waals surface area contributed by atoms with E-state index in [4.69, 9.17) is 0 Å². The first kappa shape index (κ1) is 16.0. The molecule has 6 heteroatoms. The Morgan fingerprint density at radius 2 is 1.79 bits per heavy atom. The summed E-state index contributed by atoms with van der Waals surface area (Å²) in [5.74, 6) is -0.396. The predicted octanol–water partition coefficient (Wildman–Crippen LogP) is 4.43. The summed E-state index contributed by atoms with van der Waals surface area (Å²) >= 11 is 0. The van der Waals surface area contributed by atoms with Crippen LogP contribution in [-0.4, -0.2) is 10.9 Å². The molecule has 24 heavy (non-hydrogen) atoms. The second kappa shape index (κ2) is 6.31. The van der Waals surface area contributed by atoms with Crippen molar-refractivity contribution in [2.75, 3.05) is 5.32 Å². The predicted molar refractivity (Wildman–Crippen MR) is 85.5 cm³/mol. The van der Waals surface area contributed by atoms with Gasteiger partial charge in [-0.1, -0.05) is 36.4 Å². The summed E-state index contributed by atoms with van der Waals surface area (Å²) in [6.45, 7) is 0. The summed E-state index contributed by atoms with van der Waals surface area (Å²) in [4.78, 5) is 16.4. The van der Waals surface area contributed by atoms with Crippen molar-refractivity contribution in [3.8, 4) is 0 Å². The standard InChI is InChI=1S/C18H13F3N2O/c19-18(20,21)14-7-1-4-12(10-14)11-16(24)23-15-8-2-5-13-6-3-9-22-17(13)15/h1-10H,11H2,(H,23,24). The van der Waals surface area contributed by atoms with Crippen LogP contribution in [0.3, 0.4) is 0 Å². The Labute approximate surface area is 136 Å². The van der Waals surface area contributed by atoms with Crippen LogP contribution in [-0.2, 0) is 17.4 Å². The van der Waals surface area contributed by atoms with Crippen molar-refractivity contribution in [3.63, 3.8) is 0 Å². The Bertz CT molecular complexity index is 885. The monoisotopic (exact) mass is 330 g/mol. The van der Waals surface area contributed by atoms with Gasteiger partial charge in [-0.3, -0.25) is 9.78 Å². The van der Waals surface area contributed by atoms with E-state index in [0.717, 1.165) is 17.5 Å². The summed E-state index contributed by atoms with van der Waals surface area (Å²) in [5, 5.41) is 3.58. The van der Waals surface area contributed by atoms with Gasteiger partial charge in [0.2, 0.25) is 5.91 Å². The lowest BCUT2D eigenvalue weighted by Gasteiger charge is -2.10. The van der Waals surface area contributed by atoms with Crippen molar-refractivity contribution in [2.45, 2.75) is 12.6 Å². The maximum atomic E-state index is 12.7. The number of carbonyl (C=O) groups is 1. The topological polar surface area (TPSA) is 42.0 Å². The first-order valence-corrected chi connectivity index (χ1v) is 7.23. The molecule has 1 aromatic heterocycles. The number of nitrogens with one attached hydrogen (secondary N) is 1. The molecule has 0 atom stereocenters. The molecule has 0 spiro atoms. The van der Waals surface area contributed by atoms with Crippen LogP contribution in [0.5, 0.6) is 0 Å². The van der Waals surface area contributed by atoms with E-state index in [1.807, 2.05) is 12.1 Å². The average molecular weight is 330 g/mol. The molecule has 0 aliphatic heterocycles. The number of para-hydroxylation sites is 1. The first-order valence-electron chi connectivity index (χ1n) is 7.23. The third kappa shape index (κ3) is 3.53. The highest BCUT2D eigenvalue weighted by Crippen LogP contribution is 2.29. The Morgan fingerprint density at radius 3 is 2.58 bits per heavy atom. The highest BCUT2D eigenvalue weighted by molar-refractivity contribution is 6.00. The van der Waals surface area contributed by atoms with Crippen LogP contribution in [0.4, 0.5) is 18.9 Å². The minimum atomic E-state index is -4.42. The molecule has 0 unspecified atom stereocenters. The molecular formula is C18H13F3N2O. The fraction of sp³-hybridized carbons (Fsp3) is 0.111. The van der Waals surface area contributed by atoms with Crippen LogP contribution >= 0.6 is 0 Å². The molecule has 1 amide bonds. The zero-order valence-corrected chi connectivity index (χ0v) is 12.5. The van der Waals surface area contributed by atoms with Crippen molar-refractivity contribution in [2.24, 2.45) is 0 Å². The van der Waals surface area contributed by atoms with Gasteiger partial charge in [0.05, 0.1) is 23.2 Å². The van der Waals surface area contributed by atoms with Crippen LogP contribution in [0.25, 0.3) is 10.9 Å². The Morgan fingerprint density at radius 1 is 1.04 bits per heavy atom. The van der Waals surface area contributed by atoms with Crippen LogP contribution in [0.15, 0.2) is 60.8 Å². The molecule has 0 bridgehead atoms. The first-order chi connectivity index (χ1) is 11.4. The molecule has 3 nitrogen and oxygen atoms in total. The highest BCUT2D eigenvalue weighted by atomic mass is 19.4. The molecule has 122 valence electrons. The van der Waals surface area contributed by atoms with Crippen LogP contribution in [0.2, 0.25) is 0 Å². The van der Waals surface area contributed by atoms with Gasteiger partial charge in [-0.2, -0.15) is 13.2 Å². The number of pyridine rings is 1. The molecule has 3 rings (SSSR count). The fourth-order valence-corrected chi connectivity index (χ4v) is 2.44. The Kier molecular flexibility index (Phi) is 4.20. The van der Waals surface area contributed by atoms with E-state index in [0.29, 0.717) is 16.8 Å². The van der Waals surface area contributed by atoms with Gasteiger partial charge in [-0.15, -0.1) is 0 Å². The largest absolute Gasteiger partial charge is 0.416 e. The third-order valence-corrected chi connectivity index (χ3v) is 3.53. The maximum absolute atomic E-state index is 12.7. The number of alkyl halides is 3. The third-order valence-electron chi connectivity index (χ3n) is 3.53. The molecule has 0 saturated heterocycles. The number of halogens is 3. The van der Waals surface area contributed by atoms with E-state index < -0.39 is 17.6 Å². The molecule has 0 fully saturated rings. The van der Waals surface area contributed by atoms with E-state index in [-0.39, 0.29) is 6.42 Å². The van der Waals surface area contributed by atoms with E-state index in [1.165, 1.54) is 12.1 Å². The summed E-state index contributed by atoms with van der Waals surface area (Å²) in [6.07, 6.45) is -2.95. The van der Waals surface area contributed by atoms with Crippen molar-refractivity contribution < 1.29 is 18.0 Å². The van der Waals surface area contributed by atoms with Crippen LogP contribution < -0.4 is 5.32 Å². The zero-order valence-electron chi connectivity index (χ0n) is 12.5. The molecule has 0 radical (unpaired) electrons. The van der Waals surface area contributed by atoms with Gasteiger partial charge in [0.25, 0.3) is 0 Å². The lowest BCUT2D eigenvalue weighted by atomic mass is 10.1. The van der Waals surface area contributed by atoms with Gasteiger partial charge in [-0.05, 0) is 23.8 Å². The van der Waals surface area contributed by atoms with Crippen molar-refractivity contribution >= 4 is 22.5 Å². The van der Waals surface area contributed by atoms with Gasteiger partial charge in [-0.25, -0.2) is 0 Å². The molecule has 1 heterocycles. The summed E-state index contributed by atoms with van der Waals surface area (Å²) in [5.41, 5.74) is 0.706. The Balaban J connectivity index is 1.78. The minimum Gasteiger partial charge on any atom is -0.324 e. The lowest BCUT2D eigenvalue weighted by Crippen LogP contribution is -2.15. The Hall–Kier alpha value is -2.89. The smallest absolute Gasteiger partial charge is 0.324 e. The molecule has 0 aliphatic rings. The van der Waals surface area contributed by atoms with Gasteiger partial charge >= 0.3 is 6.18 Å². The van der Waals surface area contributed by atoms with Gasteiger partial charge in [0.1, 0.15) is 0 Å². The number of amides is 1. The fourth-order valence-electron chi connectivity index (χ4n) is 2.44. The molecule has 3 aromatic rings. The second-order valence-electron chi connectivity index (χ2n) is 5.30. The van der Waals surface area contributed by atoms with Crippen molar-refractivity contribution in [3.05, 3.63) is 71.9 Å². The molecular weight excluding hydrogens is 317 g/mol. The molecule has 0 aliphatic carbocycles. The molecule has 2 aromatic carbocycles. The van der Waals surface area contributed by atoms with E-state index in [2.05, 4.69) is 10.3 Å². The van der Waals surface area contributed by atoms with E-state index in [9.17, 15) is 18.0 Å². The van der Waals surface area contributed by atoms with Crippen molar-refractivity contribution in [1.29, 1.82) is 0 Å². The number of anilines is 1. The number of benzene rings is 2. The SMILES string of the molecule is O=C(Cc1cccc(C(F)(F)F)c1)Nc1cccc2cccnc12. The van der Waals surface area contributed by atoms with Crippen molar-refractivity contribution in [1.82, 2.24) is 4.98 Å². The van der Waals surface area contributed by atoms with Gasteiger partial charge < -0.3 is 5.32 Å². The quantitative estimate of drug-likeness (QED) is 0.772. The van der Waals surface area contributed by atoms with E-state index in [1.54, 1.807) is 24.4 Å². The second-order valence-corrected chi connectivity index (χ2v) is 5.30. The number of hydrogen-bond acceptors (Lipinski definition) is 2. The number of hydrogen-bond donors (Lipinski definition) is 1. The van der Waals surface area contributed by atoms with E-state index >= 15 is 0 Å². The number of carbonyl (C=O) groups excluding carboxylic acids is 1.